The standard InChI is InChI=1S/C46H33N3O2S/c47-33-36(46(50)51)31-43-29-30-44(52-43)32-45(34-21-25-41(26-22-34)48(37-13-5-1-6-14-37)38-15-7-2-8-16-38)35-23-27-42(28-24-35)49(39-17-9-3-10-18-39)40-19-11-4-12-20-40/h1-32H,(H,50,51). The quantitative estimate of drug-likeness (QED) is 0.108. The molecule has 0 saturated heterocycles. The Morgan fingerprint density at radius 1 is 0.481 bits per heavy atom. The van der Waals surface area contributed by atoms with Gasteiger partial charge in [0.2, 0.25) is 0 Å². The Morgan fingerprint density at radius 2 is 0.808 bits per heavy atom. The van der Waals surface area contributed by atoms with Gasteiger partial charge in [0.15, 0.2) is 0 Å². The molecule has 6 heteroatoms. The van der Waals surface area contributed by atoms with Crippen molar-refractivity contribution in [3.8, 4) is 6.07 Å². The lowest BCUT2D eigenvalue weighted by Gasteiger charge is -2.26. The molecule has 6 aromatic carbocycles. The Bertz CT molecular complexity index is 2160. The zero-order valence-corrected chi connectivity index (χ0v) is 28.9. The smallest absolute Gasteiger partial charge is 0.346 e. The van der Waals surface area contributed by atoms with Gasteiger partial charge in [0, 0.05) is 43.9 Å². The van der Waals surface area contributed by atoms with Crippen molar-refractivity contribution < 1.29 is 9.90 Å². The average Bonchev–Trinajstić information content (AvgIpc) is 3.65. The highest BCUT2D eigenvalue weighted by atomic mass is 32.1. The molecule has 0 unspecified atom stereocenters. The summed E-state index contributed by atoms with van der Waals surface area (Å²) in [4.78, 5) is 17.6. The number of thiophene rings is 1. The Morgan fingerprint density at radius 3 is 1.13 bits per heavy atom. The van der Waals surface area contributed by atoms with Crippen molar-refractivity contribution in [3.05, 3.63) is 208 Å². The molecule has 0 radical (unpaired) electrons. The highest BCUT2D eigenvalue weighted by Crippen LogP contribution is 2.38. The molecule has 0 saturated carbocycles. The molecular formula is C46H33N3O2S. The number of hydrogen-bond donors (Lipinski definition) is 1. The number of hydrogen-bond acceptors (Lipinski definition) is 5. The Kier molecular flexibility index (Phi) is 10.2. The van der Waals surface area contributed by atoms with Gasteiger partial charge < -0.3 is 14.9 Å². The molecule has 0 amide bonds. The average molecular weight is 692 g/mol. The molecule has 7 rings (SSSR count). The number of aliphatic carboxylic acids is 1. The van der Waals surface area contributed by atoms with Crippen LogP contribution >= 0.6 is 11.3 Å². The van der Waals surface area contributed by atoms with E-state index in [-0.39, 0.29) is 5.57 Å². The van der Waals surface area contributed by atoms with Crippen LogP contribution < -0.4 is 9.80 Å². The van der Waals surface area contributed by atoms with E-state index in [9.17, 15) is 15.2 Å². The summed E-state index contributed by atoms with van der Waals surface area (Å²) in [5.41, 5.74) is 9.05. The third kappa shape index (κ3) is 7.61. The molecule has 1 aromatic heterocycles. The van der Waals surface area contributed by atoms with E-state index < -0.39 is 5.97 Å². The maximum atomic E-state index is 11.5. The lowest BCUT2D eigenvalue weighted by Crippen LogP contribution is -2.10. The molecule has 0 aliphatic rings. The third-order valence-corrected chi connectivity index (χ3v) is 9.48. The van der Waals surface area contributed by atoms with E-state index in [2.05, 4.69) is 113 Å². The second-order valence-electron chi connectivity index (χ2n) is 11.9. The summed E-state index contributed by atoms with van der Waals surface area (Å²) in [5.74, 6) is -1.24. The number of carboxylic acid groups (broad SMARTS) is 1. The van der Waals surface area contributed by atoms with Crippen molar-refractivity contribution >= 4 is 69.2 Å². The van der Waals surface area contributed by atoms with Gasteiger partial charge in [0.1, 0.15) is 11.6 Å². The van der Waals surface area contributed by atoms with Crippen LogP contribution in [0.25, 0.3) is 17.7 Å². The van der Waals surface area contributed by atoms with Gasteiger partial charge in [0.25, 0.3) is 0 Å². The molecule has 250 valence electrons. The van der Waals surface area contributed by atoms with Gasteiger partial charge in [0.05, 0.1) is 0 Å². The van der Waals surface area contributed by atoms with Crippen LogP contribution in [0.2, 0.25) is 0 Å². The summed E-state index contributed by atoms with van der Waals surface area (Å²) in [7, 11) is 0. The first-order chi connectivity index (χ1) is 25.6. The van der Waals surface area contributed by atoms with Gasteiger partial charge in [-0.05, 0) is 114 Å². The first-order valence-corrected chi connectivity index (χ1v) is 17.6. The molecule has 1 heterocycles. The number of rotatable bonds is 11. The second-order valence-corrected chi connectivity index (χ2v) is 13.0. The number of carboxylic acids is 1. The largest absolute Gasteiger partial charge is 0.477 e. The summed E-state index contributed by atoms with van der Waals surface area (Å²) < 4.78 is 0. The number of benzene rings is 6. The van der Waals surface area contributed by atoms with Gasteiger partial charge in [-0.3, -0.25) is 0 Å². The van der Waals surface area contributed by atoms with Crippen LogP contribution in [0, 0.1) is 11.3 Å². The van der Waals surface area contributed by atoms with Gasteiger partial charge in [-0.2, -0.15) is 5.26 Å². The van der Waals surface area contributed by atoms with Crippen LogP contribution in [0.15, 0.2) is 188 Å². The number of para-hydroxylation sites is 4. The summed E-state index contributed by atoms with van der Waals surface area (Å²) >= 11 is 1.43. The molecule has 1 N–H and O–H groups in total. The highest BCUT2D eigenvalue weighted by molar-refractivity contribution is 7.13. The van der Waals surface area contributed by atoms with Crippen LogP contribution in [0.5, 0.6) is 0 Å². The topological polar surface area (TPSA) is 67.6 Å². The Hall–Kier alpha value is -6.94. The number of nitrogens with zero attached hydrogens (tertiary/aromatic N) is 3. The van der Waals surface area contributed by atoms with Crippen LogP contribution in [0.3, 0.4) is 0 Å². The lowest BCUT2D eigenvalue weighted by atomic mass is 9.96. The van der Waals surface area contributed by atoms with E-state index in [1.165, 1.54) is 17.4 Å². The van der Waals surface area contributed by atoms with Crippen LogP contribution in [-0.4, -0.2) is 11.1 Å². The van der Waals surface area contributed by atoms with Crippen molar-refractivity contribution in [2.75, 3.05) is 9.80 Å². The predicted molar refractivity (Wildman–Crippen MR) is 215 cm³/mol. The number of nitriles is 1. The minimum atomic E-state index is -1.24. The molecule has 5 nitrogen and oxygen atoms in total. The number of carbonyl (C=O) groups is 1. The fourth-order valence-corrected chi connectivity index (χ4v) is 6.96. The Balaban J connectivity index is 1.30. The van der Waals surface area contributed by atoms with Crippen LogP contribution in [-0.2, 0) is 4.79 Å². The van der Waals surface area contributed by atoms with E-state index >= 15 is 0 Å². The van der Waals surface area contributed by atoms with E-state index in [4.69, 9.17) is 0 Å². The molecule has 0 fully saturated rings. The van der Waals surface area contributed by atoms with Crippen molar-refractivity contribution in [1.29, 1.82) is 5.26 Å². The fourth-order valence-electron chi connectivity index (χ4n) is 6.07. The van der Waals surface area contributed by atoms with E-state index in [0.29, 0.717) is 4.88 Å². The van der Waals surface area contributed by atoms with Gasteiger partial charge >= 0.3 is 5.97 Å². The minimum absolute atomic E-state index is 0.299. The molecule has 7 aromatic rings. The lowest BCUT2D eigenvalue weighted by molar-refractivity contribution is -0.132. The fraction of sp³-hybridized carbons (Fsp3) is 0. The first kappa shape index (κ1) is 33.6. The zero-order chi connectivity index (χ0) is 35.7. The van der Waals surface area contributed by atoms with Crippen molar-refractivity contribution in [2.45, 2.75) is 0 Å². The highest BCUT2D eigenvalue weighted by Gasteiger charge is 2.16. The minimum Gasteiger partial charge on any atom is -0.477 e. The molecule has 0 bridgehead atoms. The molecule has 0 spiro atoms. The van der Waals surface area contributed by atoms with Gasteiger partial charge in [-0.15, -0.1) is 11.3 Å². The SMILES string of the molecule is N#CC(=Cc1ccc(C=C(c2ccc(N(c3ccccc3)c3ccccc3)cc2)c2ccc(N(c3ccccc3)c3ccccc3)cc2)s1)C(=O)O. The normalized spacial score (nSPS) is 10.9. The predicted octanol–water partition coefficient (Wildman–Crippen LogP) is 12.3. The third-order valence-electron chi connectivity index (χ3n) is 8.50. The van der Waals surface area contributed by atoms with E-state index in [1.807, 2.05) is 84.9 Å². The summed E-state index contributed by atoms with van der Waals surface area (Å²) in [6.45, 7) is 0. The number of anilines is 6. The van der Waals surface area contributed by atoms with Crippen LogP contribution in [0.4, 0.5) is 34.1 Å². The van der Waals surface area contributed by atoms with Crippen molar-refractivity contribution in [2.24, 2.45) is 0 Å². The van der Waals surface area contributed by atoms with Crippen molar-refractivity contribution in [1.82, 2.24) is 0 Å². The van der Waals surface area contributed by atoms with Crippen molar-refractivity contribution in [3.63, 3.8) is 0 Å². The maximum Gasteiger partial charge on any atom is 0.346 e. The van der Waals surface area contributed by atoms with E-state index in [1.54, 1.807) is 6.07 Å². The molecule has 0 aliphatic heterocycles. The first-order valence-electron chi connectivity index (χ1n) is 16.8. The van der Waals surface area contributed by atoms with Gasteiger partial charge in [-0.25, -0.2) is 4.79 Å². The molecule has 0 atom stereocenters. The molecular weight excluding hydrogens is 659 g/mol. The Labute approximate surface area is 307 Å². The second kappa shape index (κ2) is 15.7. The summed E-state index contributed by atoms with van der Waals surface area (Å²) in [5, 5.41) is 18.7. The maximum absolute atomic E-state index is 11.5. The summed E-state index contributed by atoms with van der Waals surface area (Å²) in [6, 6.07) is 63.9. The van der Waals surface area contributed by atoms with Gasteiger partial charge in [-0.1, -0.05) is 97.1 Å². The zero-order valence-electron chi connectivity index (χ0n) is 28.1. The molecule has 52 heavy (non-hydrogen) atoms. The monoisotopic (exact) mass is 691 g/mol. The van der Waals surface area contributed by atoms with E-state index in [0.717, 1.165) is 55.7 Å². The summed E-state index contributed by atoms with van der Waals surface area (Å²) in [6.07, 6.45) is 3.54. The van der Waals surface area contributed by atoms with Crippen LogP contribution in [0.1, 0.15) is 20.9 Å². The molecule has 0 aliphatic carbocycles.